The van der Waals surface area contributed by atoms with Gasteiger partial charge in [0.2, 0.25) is 0 Å². The maximum Gasteiger partial charge on any atom is 0.336 e. The third kappa shape index (κ3) is 5.41. The molecule has 1 aromatic heterocycles. The summed E-state index contributed by atoms with van der Waals surface area (Å²) in [4.78, 5) is 27.4. The standard InChI is InChI=1S/C31H31NO7/c1-19-14-30(33)39-27-16-23(10-11-24(19)27)37-18-26-25-17-29(36-4)28(35-3)15-21(25)12-13-32(26)31(34)20(2)38-22-8-6-5-7-9-22/h5-11,14-17,20,26H,12-13,18H2,1-4H3/t20-,26-/m1/s1. The van der Waals surface area contributed by atoms with Crippen LogP contribution in [0.15, 0.2) is 75.9 Å². The molecule has 0 aliphatic carbocycles. The molecular formula is C31H31NO7. The molecule has 1 aliphatic heterocycles. The van der Waals surface area contributed by atoms with Crippen LogP contribution in [0.25, 0.3) is 11.0 Å². The number of nitrogens with zero attached hydrogens (tertiary/aromatic N) is 1. The lowest BCUT2D eigenvalue weighted by atomic mass is 9.91. The van der Waals surface area contributed by atoms with Gasteiger partial charge in [0.05, 0.1) is 20.3 Å². The Hall–Kier alpha value is -4.46. The molecule has 2 heterocycles. The molecule has 0 radical (unpaired) electrons. The van der Waals surface area contributed by atoms with Crippen molar-refractivity contribution >= 4 is 16.9 Å². The Labute approximate surface area is 226 Å². The normalized spacial score (nSPS) is 15.4. The lowest BCUT2D eigenvalue weighted by Crippen LogP contribution is -2.47. The second kappa shape index (κ2) is 11.1. The van der Waals surface area contributed by atoms with Crippen molar-refractivity contribution in [3.63, 3.8) is 0 Å². The molecule has 2 atom stereocenters. The van der Waals surface area contributed by atoms with E-state index in [4.69, 9.17) is 23.4 Å². The highest BCUT2D eigenvalue weighted by atomic mass is 16.5. The van der Waals surface area contributed by atoms with Crippen LogP contribution in [0.4, 0.5) is 0 Å². The molecule has 0 spiro atoms. The van der Waals surface area contributed by atoms with Gasteiger partial charge < -0.3 is 28.3 Å². The summed E-state index contributed by atoms with van der Waals surface area (Å²) in [5.41, 5.74) is 2.85. The maximum absolute atomic E-state index is 13.7. The number of fused-ring (bicyclic) bond motifs is 2. The average molecular weight is 530 g/mol. The Kier molecular flexibility index (Phi) is 7.45. The molecule has 39 heavy (non-hydrogen) atoms. The molecule has 1 amide bonds. The number of para-hydroxylation sites is 1. The van der Waals surface area contributed by atoms with E-state index in [1.807, 2.05) is 61.5 Å². The lowest BCUT2D eigenvalue weighted by molar-refractivity contribution is -0.141. The van der Waals surface area contributed by atoms with Crippen LogP contribution in [0.5, 0.6) is 23.0 Å². The van der Waals surface area contributed by atoms with Gasteiger partial charge in [0.1, 0.15) is 23.7 Å². The van der Waals surface area contributed by atoms with Crippen LogP contribution in [0.2, 0.25) is 0 Å². The average Bonchev–Trinajstić information content (AvgIpc) is 2.94. The first kappa shape index (κ1) is 26.2. The summed E-state index contributed by atoms with van der Waals surface area (Å²) in [5, 5.41) is 0.838. The molecule has 8 nitrogen and oxygen atoms in total. The summed E-state index contributed by atoms with van der Waals surface area (Å²) in [6, 6.07) is 19.6. The van der Waals surface area contributed by atoms with Gasteiger partial charge in [-0.3, -0.25) is 4.79 Å². The Morgan fingerprint density at radius 3 is 2.49 bits per heavy atom. The lowest BCUT2D eigenvalue weighted by Gasteiger charge is -2.38. The van der Waals surface area contributed by atoms with Crippen molar-refractivity contribution in [2.75, 3.05) is 27.4 Å². The first-order chi connectivity index (χ1) is 18.9. The highest BCUT2D eigenvalue weighted by Gasteiger charge is 2.35. The summed E-state index contributed by atoms with van der Waals surface area (Å²) in [7, 11) is 3.19. The van der Waals surface area contributed by atoms with Crippen LogP contribution in [-0.2, 0) is 11.2 Å². The van der Waals surface area contributed by atoms with Crippen LogP contribution in [0, 0.1) is 6.92 Å². The first-order valence-electron chi connectivity index (χ1n) is 12.8. The smallest absolute Gasteiger partial charge is 0.336 e. The Bertz CT molecular complexity index is 1550. The van der Waals surface area contributed by atoms with Gasteiger partial charge in [0, 0.05) is 24.1 Å². The third-order valence-electron chi connectivity index (χ3n) is 7.02. The molecule has 3 aromatic carbocycles. The highest BCUT2D eigenvalue weighted by Crippen LogP contribution is 2.39. The minimum absolute atomic E-state index is 0.145. The highest BCUT2D eigenvalue weighted by molar-refractivity contribution is 5.82. The monoisotopic (exact) mass is 529 g/mol. The zero-order valence-corrected chi connectivity index (χ0v) is 22.4. The number of hydrogen-bond acceptors (Lipinski definition) is 7. The van der Waals surface area contributed by atoms with Crippen molar-refractivity contribution in [3.05, 3.63) is 93.8 Å². The molecule has 8 heteroatoms. The number of carbonyl (C=O) groups excluding carboxylic acids is 1. The Balaban J connectivity index is 1.46. The number of hydrogen-bond donors (Lipinski definition) is 0. The largest absolute Gasteiger partial charge is 0.493 e. The molecule has 0 unspecified atom stereocenters. The van der Waals surface area contributed by atoms with Gasteiger partial charge >= 0.3 is 5.63 Å². The fourth-order valence-corrected chi connectivity index (χ4v) is 5.03. The van der Waals surface area contributed by atoms with E-state index in [-0.39, 0.29) is 12.5 Å². The predicted octanol–water partition coefficient (Wildman–Crippen LogP) is 5.09. The van der Waals surface area contributed by atoms with E-state index >= 15 is 0 Å². The summed E-state index contributed by atoms with van der Waals surface area (Å²) < 4.78 is 28.7. The van der Waals surface area contributed by atoms with E-state index in [1.54, 1.807) is 32.1 Å². The molecule has 202 valence electrons. The SMILES string of the molecule is COc1cc2c(cc1OC)[C@@H](COc1ccc3c(C)cc(=O)oc3c1)N(C(=O)[C@@H](C)Oc1ccccc1)CC2. The van der Waals surface area contributed by atoms with Crippen molar-refractivity contribution in [1.82, 2.24) is 4.90 Å². The number of carbonyl (C=O) groups is 1. The number of benzene rings is 3. The first-order valence-corrected chi connectivity index (χ1v) is 12.8. The van der Waals surface area contributed by atoms with Gasteiger partial charge in [0.15, 0.2) is 17.6 Å². The zero-order chi connectivity index (χ0) is 27.5. The van der Waals surface area contributed by atoms with Gasteiger partial charge in [0.25, 0.3) is 5.91 Å². The van der Waals surface area contributed by atoms with E-state index in [0.29, 0.717) is 41.5 Å². The summed E-state index contributed by atoms with van der Waals surface area (Å²) >= 11 is 0. The molecule has 0 bridgehead atoms. The molecule has 0 N–H and O–H groups in total. The van der Waals surface area contributed by atoms with Crippen molar-refractivity contribution in [2.45, 2.75) is 32.4 Å². The number of ether oxygens (including phenoxy) is 4. The van der Waals surface area contributed by atoms with Crippen molar-refractivity contribution < 1.29 is 28.2 Å². The zero-order valence-electron chi connectivity index (χ0n) is 22.4. The van der Waals surface area contributed by atoms with Gasteiger partial charge in [-0.25, -0.2) is 4.79 Å². The maximum atomic E-state index is 13.7. The topological polar surface area (TPSA) is 87.4 Å². The molecule has 0 fully saturated rings. The van der Waals surface area contributed by atoms with Crippen molar-refractivity contribution in [2.24, 2.45) is 0 Å². The molecule has 1 aliphatic rings. The molecular weight excluding hydrogens is 498 g/mol. The van der Waals surface area contributed by atoms with Crippen LogP contribution in [0.1, 0.15) is 29.7 Å². The number of aryl methyl sites for hydroxylation is 1. The molecule has 5 rings (SSSR count). The Morgan fingerprint density at radius 1 is 1.00 bits per heavy atom. The van der Waals surface area contributed by atoms with Gasteiger partial charge in [-0.15, -0.1) is 0 Å². The second-order valence-electron chi connectivity index (χ2n) is 9.49. The molecule has 0 saturated carbocycles. The van der Waals surface area contributed by atoms with Gasteiger partial charge in [-0.2, -0.15) is 0 Å². The van der Waals surface area contributed by atoms with E-state index in [2.05, 4.69) is 0 Å². The van der Waals surface area contributed by atoms with Crippen LogP contribution in [-0.4, -0.2) is 44.3 Å². The fraction of sp³-hybridized carbons (Fsp3) is 0.290. The van der Waals surface area contributed by atoms with Crippen LogP contribution in [0.3, 0.4) is 0 Å². The number of amides is 1. The number of methoxy groups -OCH3 is 2. The summed E-state index contributed by atoms with van der Waals surface area (Å²) in [5.74, 6) is 2.23. The third-order valence-corrected chi connectivity index (χ3v) is 7.02. The Morgan fingerprint density at radius 2 is 1.74 bits per heavy atom. The minimum atomic E-state index is -0.700. The quantitative estimate of drug-likeness (QED) is 0.294. The van der Waals surface area contributed by atoms with E-state index in [1.165, 1.54) is 6.07 Å². The van der Waals surface area contributed by atoms with Gasteiger partial charge in [-0.1, -0.05) is 18.2 Å². The summed E-state index contributed by atoms with van der Waals surface area (Å²) in [6.07, 6.45) is -0.0503. The van der Waals surface area contributed by atoms with Crippen LogP contribution >= 0.6 is 0 Å². The summed E-state index contributed by atoms with van der Waals surface area (Å²) in [6.45, 7) is 4.28. The number of rotatable bonds is 8. The molecule has 4 aromatic rings. The predicted molar refractivity (Wildman–Crippen MR) is 147 cm³/mol. The molecule has 0 saturated heterocycles. The van der Waals surface area contributed by atoms with E-state index in [0.717, 1.165) is 22.1 Å². The van der Waals surface area contributed by atoms with Crippen molar-refractivity contribution in [1.29, 1.82) is 0 Å². The van der Waals surface area contributed by atoms with Crippen molar-refractivity contribution in [3.8, 4) is 23.0 Å². The fourth-order valence-electron chi connectivity index (χ4n) is 5.03. The minimum Gasteiger partial charge on any atom is -0.493 e. The van der Waals surface area contributed by atoms with E-state index < -0.39 is 17.8 Å². The second-order valence-corrected chi connectivity index (χ2v) is 9.49. The van der Waals surface area contributed by atoms with Gasteiger partial charge in [-0.05, 0) is 73.4 Å². The van der Waals surface area contributed by atoms with Crippen LogP contribution < -0.4 is 24.6 Å². The van der Waals surface area contributed by atoms with E-state index in [9.17, 15) is 9.59 Å².